The number of rotatable bonds is 10. The standard InChI is InChI=1S/C31H33ClFN5O2S2/c1-42-27-8-3-7-26(20-27)38-30(40)28(21-29(39)34-24-11-9-23(33)10-12-24)37(31(38)41)14-4-13-35-15-17-36(18-16-35)25-6-2-5-22(32)19-25/h2-3,5-12,19-20,28H,4,13-18,21H2,1H3,(H,34,39)/t28-/m0/s1. The van der Waals surface area contributed by atoms with Crippen LogP contribution >= 0.6 is 35.6 Å². The number of amides is 2. The molecule has 0 radical (unpaired) electrons. The molecule has 42 heavy (non-hydrogen) atoms. The summed E-state index contributed by atoms with van der Waals surface area (Å²) in [4.78, 5) is 36.0. The molecule has 5 rings (SSSR count). The van der Waals surface area contributed by atoms with Gasteiger partial charge in [0.25, 0.3) is 5.91 Å². The van der Waals surface area contributed by atoms with Gasteiger partial charge in [-0.25, -0.2) is 4.39 Å². The van der Waals surface area contributed by atoms with Crippen LogP contribution in [0.5, 0.6) is 0 Å². The molecular weight excluding hydrogens is 593 g/mol. The van der Waals surface area contributed by atoms with E-state index in [0.29, 0.717) is 23.0 Å². The van der Waals surface area contributed by atoms with Gasteiger partial charge in [0.15, 0.2) is 5.11 Å². The van der Waals surface area contributed by atoms with Gasteiger partial charge in [0.1, 0.15) is 11.9 Å². The minimum atomic E-state index is -0.726. The van der Waals surface area contributed by atoms with Crippen molar-refractivity contribution in [3.63, 3.8) is 0 Å². The Labute approximate surface area is 260 Å². The molecule has 0 bridgehead atoms. The summed E-state index contributed by atoms with van der Waals surface area (Å²) in [5.74, 6) is -0.934. The van der Waals surface area contributed by atoms with Crippen LogP contribution in [0, 0.1) is 5.82 Å². The highest BCUT2D eigenvalue weighted by atomic mass is 35.5. The molecule has 0 saturated carbocycles. The van der Waals surface area contributed by atoms with Gasteiger partial charge in [-0.1, -0.05) is 23.7 Å². The van der Waals surface area contributed by atoms with Gasteiger partial charge < -0.3 is 15.1 Å². The number of hydrogen-bond donors (Lipinski definition) is 1. The van der Waals surface area contributed by atoms with Crippen molar-refractivity contribution in [1.29, 1.82) is 0 Å². The molecule has 0 aliphatic carbocycles. The molecule has 2 aliphatic rings. The van der Waals surface area contributed by atoms with Crippen molar-refractivity contribution in [2.24, 2.45) is 0 Å². The Kier molecular flexibility index (Phi) is 9.99. The fourth-order valence-corrected chi connectivity index (χ4v) is 6.41. The van der Waals surface area contributed by atoms with E-state index in [2.05, 4.69) is 21.2 Å². The van der Waals surface area contributed by atoms with Gasteiger partial charge in [0, 0.05) is 54.0 Å². The van der Waals surface area contributed by atoms with Crippen LogP contribution in [0.25, 0.3) is 0 Å². The fourth-order valence-electron chi connectivity index (χ4n) is 5.36. The molecule has 0 unspecified atom stereocenters. The first kappa shape index (κ1) is 30.3. The number of nitrogens with zero attached hydrogens (tertiary/aromatic N) is 4. The molecule has 2 amide bonds. The van der Waals surface area contributed by atoms with Crippen molar-refractivity contribution in [2.75, 3.05) is 60.6 Å². The lowest BCUT2D eigenvalue weighted by atomic mass is 10.1. The summed E-state index contributed by atoms with van der Waals surface area (Å²) in [6, 6.07) is 20.5. The Morgan fingerprint density at radius 2 is 1.71 bits per heavy atom. The molecule has 3 aromatic rings. The van der Waals surface area contributed by atoms with E-state index >= 15 is 0 Å². The Morgan fingerprint density at radius 3 is 2.43 bits per heavy atom. The molecule has 2 heterocycles. The summed E-state index contributed by atoms with van der Waals surface area (Å²) in [7, 11) is 0. The molecule has 1 atom stereocenters. The molecule has 2 fully saturated rings. The largest absolute Gasteiger partial charge is 0.369 e. The molecule has 0 aromatic heterocycles. The zero-order valence-electron chi connectivity index (χ0n) is 23.3. The normalized spacial score (nSPS) is 17.7. The molecule has 11 heteroatoms. The van der Waals surface area contributed by atoms with Gasteiger partial charge in [0.2, 0.25) is 5.91 Å². The van der Waals surface area contributed by atoms with Crippen LogP contribution in [-0.2, 0) is 9.59 Å². The van der Waals surface area contributed by atoms with Crippen molar-refractivity contribution in [3.05, 3.63) is 83.6 Å². The monoisotopic (exact) mass is 625 g/mol. The van der Waals surface area contributed by atoms with Gasteiger partial charge in [-0.3, -0.25) is 19.4 Å². The van der Waals surface area contributed by atoms with E-state index in [1.165, 1.54) is 24.3 Å². The maximum Gasteiger partial charge on any atom is 0.256 e. The highest BCUT2D eigenvalue weighted by Crippen LogP contribution is 2.30. The topological polar surface area (TPSA) is 59.1 Å². The summed E-state index contributed by atoms with van der Waals surface area (Å²) < 4.78 is 13.3. The smallest absolute Gasteiger partial charge is 0.256 e. The number of thiocarbonyl (C=S) groups is 1. The van der Waals surface area contributed by atoms with Crippen LogP contribution in [0.1, 0.15) is 12.8 Å². The predicted octanol–water partition coefficient (Wildman–Crippen LogP) is 5.74. The fraction of sp³-hybridized carbons (Fsp3) is 0.323. The maximum absolute atomic E-state index is 13.8. The molecule has 0 spiro atoms. The second-order valence-corrected chi connectivity index (χ2v) is 12.0. The van der Waals surface area contributed by atoms with Crippen LogP contribution in [0.3, 0.4) is 0 Å². The van der Waals surface area contributed by atoms with Crippen LogP contribution in [0.2, 0.25) is 5.02 Å². The average molecular weight is 626 g/mol. The van der Waals surface area contributed by atoms with Crippen molar-refractivity contribution in [2.45, 2.75) is 23.8 Å². The number of nitrogens with one attached hydrogen (secondary N) is 1. The van der Waals surface area contributed by atoms with Crippen molar-refractivity contribution in [3.8, 4) is 0 Å². The number of hydrogen-bond acceptors (Lipinski definition) is 6. The van der Waals surface area contributed by atoms with Crippen molar-refractivity contribution in [1.82, 2.24) is 9.80 Å². The minimum Gasteiger partial charge on any atom is -0.369 e. The zero-order valence-corrected chi connectivity index (χ0v) is 25.7. The third-order valence-corrected chi connectivity index (χ3v) is 8.93. The summed E-state index contributed by atoms with van der Waals surface area (Å²) in [5, 5.41) is 3.93. The third kappa shape index (κ3) is 7.23. The Morgan fingerprint density at radius 1 is 1.00 bits per heavy atom. The Bertz CT molecular complexity index is 1430. The molecular formula is C31H33ClFN5O2S2. The summed E-state index contributed by atoms with van der Waals surface area (Å²) >= 11 is 13.6. The van der Waals surface area contributed by atoms with E-state index < -0.39 is 6.04 Å². The number of thioether (sulfide) groups is 1. The first-order valence-electron chi connectivity index (χ1n) is 13.9. The van der Waals surface area contributed by atoms with Crippen molar-refractivity contribution >= 4 is 69.6 Å². The second kappa shape index (κ2) is 13.9. The van der Waals surface area contributed by atoms with Crippen LogP contribution < -0.4 is 15.1 Å². The van der Waals surface area contributed by atoms with Crippen LogP contribution in [-0.4, -0.2) is 78.3 Å². The quantitative estimate of drug-likeness (QED) is 0.228. The number of carbonyl (C=O) groups excluding carboxylic acids is 2. The first-order chi connectivity index (χ1) is 20.3. The van der Waals surface area contributed by atoms with Crippen LogP contribution in [0.15, 0.2) is 77.7 Å². The lowest BCUT2D eigenvalue weighted by Crippen LogP contribution is -2.47. The lowest BCUT2D eigenvalue weighted by molar-refractivity contribution is -0.124. The van der Waals surface area contributed by atoms with E-state index in [1.807, 2.05) is 53.6 Å². The summed E-state index contributed by atoms with van der Waals surface area (Å²) in [6.45, 7) is 5.07. The van der Waals surface area contributed by atoms with Crippen molar-refractivity contribution < 1.29 is 14.0 Å². The van der Waals surface area contributed by atoms with Gasteiger partial charge in [-0.15, -0.1) is 11.8 Å². The van der Waals surface area contributed by atoms with Gasteiger partial charge >= 0.3 is 0 Å². The number of benzene rings is 3. The average Bonchev–Trinajstić information content (AvgIpc) is 3.22. The zero-order chi connectivity index (χ0) is 29.6. The van der Waals surface area contributed by atoms with Crippen LogP contribution in [0.4, 0.5) is 21.5 Å². The highest BCUT2D eigenvalue weighted by molar-refractivity contribution is 7.98. The summed E-state index contributed by atoms with van der Waals surface area (Å²) in [5.41, 5.74) is 2.30. The molecule has 7 nitrogen and oxygen atoms in total. The van der Waals surface area contributed by atoms with Gasteiger partial charge in [-0.2, -0.15) is 0 Å². The van der Waals surface area contributed by atoms with Gasteiger partial charge in [-0.05, 0) is 92.1 Å². The minimum absolute atomic E-state index is 0.0621. The van der Waals surface area contributed by atoms with E-state index in [4.69, 9.17) is 23.8 Å². The van der Waals surface area contributed by atoms with E-state index in [1.54, 1.807) is 16.7 Å². The van der Waals surface area contributed by atoms with E-state index in [9.17, 15) is 14.0 Å². The predicted molar refractivity (Wildman–Crippen MR) is 173 cm³/mol. The SMILES string of the molecule is CSc1cccc(N2C(=O)[C@H](CC(=O)Nc3ccc(F)cc3)N(CCCN3CCN(c4cccc(Cl)c4)CC3)C2=S)c1. The molecule has 2 saturated heterocycles. The maximum atomic E-state index is 13.8. The van der Waals surface area contributed by atoms with E-state index in [-0.39, 0.29) is 24.1 Å². The summed E-state index contributed by atoms with van der Waals surface area (Å²) in [6.07, 6.45) is 2.71. The number of piperazine rings is 1. The lowest BCUT2D eigenvalue weighted by Gasteiger charge is -2.36. The first-order valence-corrected chi connectivity index (χ1v) is 15.9. The highest BCUT2D eigenvalue weighted by Gasteiger charge is 2.44. The molecule has 2 aliphatic heterocycles. The third-order valence-electron chi connectivity index (χ3n) is 7.56. The van der Waals surface area contributed by atoms with E-state index in [0.717, 1.165) is 54.8 Å². The number of anilines is 3. The molecule has 3 aromatic carbocycles. The Balaban J connectivity index is 1.24. The number of carbonyl (C=O) groups is 2. The second-order valence-electron chi connectivity index (χ2n) is 10.3. The number of halogens is 2. The molecule has 220 valence electrons. The Hall–Kier alpha value is -3.18. The molecule has 1 N–H and O–H groups in total. The van der Waals surface area contributed by atoms with Gasteiger partial charge in [0.05, 0.1) is 12.1 Å².